The number of aromatic nitrogens is 2. The lowest BCUT2D eigenvalue weighted by atomic mass is 9.87. The number of hydrogen-bond acceptors (Lipinski definition) is 7. The van der Waals surface area contributed by atoms with Crippen LogP contribution in [0.4, 0.5) is 17.3 Å². The molecule has 3 rings (SSSR count). The Labute approximate surface area is 187 Å². The maximum absolute atomic E-state index is 12.9. The zero-order valence-electron chi connectivity index (χ0n) is 17.9. The van der Waals surface area contributed by atoms with Gasteiger partial charge in [-0.25, -0.2) is 9.97 Å². The molecule has 0 radical (unpaired) electrons. The van der Waals surface area contributed by atoms with E-state index in [4.69, 9.17) is 16.9 Å². The fraction of sp³-hybridized carbons (Fsp3) is 0.455. The highest BCUT2D eigenvalue weighted by Gasteiger charge is 2.53. The van der Waals surface area contributed by atoms with E-state index in [0.29, 0.717) is 46.6 Å². The lowest BCUT2D eigenvalue weighted by Crippen LogP contribution is -2.42. The number of nitrogens with one attached hydrogen (secondary N) is 3. The van der Waals surface area contributed by atoms with Gasteiger partial charge in [-0.15, -0.1) is 0 Å². The molecule has 0 atom stereocenters. The number of nitriles is 1. The molecule has 1 amide bonds. The average Bonchev–Trinajstić information content (AvgIpc) is 3.53. The fourth-order valence-corrected chi connectivity index (χ4v) is 3.54. The SMILES string of the molecule is CCCNc1cc(Nc2ncc(C#N)cc2Cl)ncc1C(=O)NCC1(C(C)(C)O)CC1. The van der Waals surface area contributed by atoms with Crippen molar-refractivity contribution < 1.29 is 9.90 Å². The third kappa shape index (κ3) is 5.24. The Balaban J connectivity index is 1.78. The summed E-state index contributed by atoms with van der Waals surface area (Å²) in [6, 6.07) is 5.23. The number of amides is 1. The zero-order valence-corrected chi connectivity index (χ0v) is 18.7. The van der Waals surface area contributed by atoms with E-state index in [0.717, 1.165) is 19.3 Å². The maximum Gasteiger partial charge on any atom is 0.254 e. The van der Waals surface area contributed by atoms with Gasteiger partial charge in [-0.3, -0.25) is 4.79 Å². The van der Waals surface area contributed by atoms with Gasteiger partial charge < -0.3 is 21.1 Å². The number of halogens is 1. The molecule has 2 aromatic heterocycles. The topological polar surface area (TPSA) is 123 Å². The van der Waals surface area contributed by atoms with E-state index in [9.17, 15) is 9.90 Å². The number of nitrogens with zero attached hydrogens (tertiary/aromatic N) is 3. The van der Waals surface area contributed by atoms with Crippen molar-refractivity contribution in [1.82, 2.24) is 15.3 Å². The molecule has 1 aliphatic rings. The normalized spacial score (nSPS) is 14.5. The average molecular weight is 443 g/mol. The van der Waals surface area contributed by atoms with E-state index in [-0.39, 0.29) is 11.3 Å². The molecule has 2 heterocycles. The fourth-order valence-electron chi connectivity index (χ4n) is 3.32. The summed E-state index contributed by atoms with van der Waals surface area (Å²) in [4.78, 5) is 21.3. The van der Waals surface area contributed by atoms with E-state index < -0.39 is 5.60 Å². The zero-order chi connectivity index (χ0) is 22.6. The van der Waals surface area contributed by atoms with Crippen molar-refractivity contribution in [2.24, 2.45) is 5.41 Å². The third-order valence-electron chi connectivity index (χ3n) is 5.67. The van der Waals surface area contributed by atoms with Crippen LogP contribution in [0.15, 0.2) is 24.5 Å². The molecule has 0 saturated heterocycles. The molecule has 8 nitrogen and oxygen atoms in total. The van der Waals surface area contributed by atoms with E-state index >= 15 is 0 Å². The molecule has 164 valence electrons. The second-order valence-corrected chi connectivity index (χ2v) is 8.76. The van der Waals surface area contributed by atoms with E-state index in [1.807, 2.05) is 13.0 Å². The van der Waals surface area contributed by atoms with Crippen LogP contribution in [0.2, 0.25) is 5.02 Å². The first-order valence-corrected chi connectivity index (χ1v) is 10.6. The highest BCUT2D eigenvalue weighted by atomic mass is 35.5. The number of rotatable bonds is 9. The molecule has 4 N–H and O–H groups in total. The van der Waals surface area contributed by atoms with E-state index in [1.165, 1.54) is 18.5 Å². The minimum atomic E-state index is -0.844. The largest absolute Gasteiger partial charge is 0.390 e. The van der Waals surface area contributed by atoms with Gasteiger partial charge in [0.05, 0.1) is 27.4 Å². The summed E-state index contributed by atoms with van der Waals surface area (Å²) in [5.74, 6) is 0.583. The number of aliphatic hydroxyl groups is 1. The Morgan fingerprint density at radius 2 is 2.06 bits per heavy atom. The molecule has 0 aromatic carbocycles. The van der Waals surface area contributed by atoms with E-state index in [1.54, 1.807) is 19.9 Å². The van der Waals surface area contributed by atoms with Crippen LogP contribution in [0.1, 0.15) is 56.0 Å². The molecule has 1 fully saturated rings. The first-order valence-electron chi connectivity index (χ1n) is 10.3. The van der Waals surface area contributed by atoms with E-state index in [2.05, 4.69) is 25.9 Å². The molecule has 1 saturated carbocycles. The van der Waals surface area contributed by atoms with Crippen LogP contribution in [-0.4, -0.2) is 39.7 Å². The minimum Gasteiger partial charge on any atom is -0.390 e. The first-order chi connectivity index (χ1) is 14.7. The summed E-state index contributed by atoms with van der Waals surface area (Å²) < 4.78 is 0. The van der Waals surface area contributed by atoms with Crippen LogP contribution in [0, 0.1) is 16.7 Å². The molecule has 1 aliphatic carbocycles. The van der Waals surface area contributed by atoms with Crippen LogP contribution in [-0.2, 0) is 0 Å². The van der Waals surface area contributed by atoms with Crippen molar-refractivity contribution in [3.8, 4) is 6.07 Å². The van der Waals surface area contributed by atoms with Crippen LogP contribution in [0.25, 0.3) is 0 Å². The van der Waals surface area contributed by atoms with Crippen LogP contribution >= 0.6 is 11.6 Å². The Hall–Kier alpha value is -2.89. The number of anilines is 3. The smallest absolute Gasteiger partial charge is 0.254 e. The summed E-state index contributed by atoms with van der Waals surface area (Å²) >= 11 is 6.19. The predicted octanol–water partition coefficient (Wildman–Crippen LogP) is 3.85. The standard InChI is InChI=1S/C22H27ClN6O2/c1-4-7-25-17-9-18(29-19-16(23)8-14(10-24)11-27-19)26-12-15(17)20(30)28-13-22(5-6-22)21(2,3)31/h8-9,11-12,31H,4-7,13H2,1-3H3,(H,28,30)(H2,25,26,27,29). The van der Waals surface area contributed by atoms with Crippen molar-refractivity contribution >= 4 is 34.8 Å². The molecule has 0 aliphatic heterocycles. The summed E-state index contributed by atoms with van der Waals surface area (Å²) in [6.07, 6.45) is 5.57. The minimum absolute atomic E-state index is 0.247. The van der Waals surface area contributed by atoms with Crippen molar-refractivity contribution in [2.75, 3.05) is 23.7 Å². The number of carbonyl (C=O) groups is 1. The second-order valence-electron chi connectivity index (χ2n) is 8.36. The molecule has 9 heteroatoms. The third-order valence-corrected chi connectivity index (χ3v) is 5.96. The molecule has 0 spiro atoms. The van der Waals surface area contributed by atoms with Crippen LogP contribution < -0.4 is 16.0 Å². The van der Waals surface area contributed by atoms with Gasteiger partial charge in [-0.2, -0.15) is 5.26 Å². The van der Waals surface area contributed by atoms with Gasteiger partial charge in [0.15, 0.2) is 0 Å². The molecule has 31 heavy (non-hydrogen) atoms. The van der Waals surface area contributed by atoms with Crippen molar-refractivity contribution in [2.45, 2.75) is 45.6 Å². The van der Waals surface area contributed by atoms with Gasteiger partial charge in [0, 0.05) is 37.0 Å². The van der Waals surface area contributed by atoms with Gasteiger partial charge in [-0.1, -0.05) is 18.5 Å². The summed E-state index contributed by atoms with van der Waals surface area (Å²) in [5.41, 5.74) is 0.301. The van der Waals surface area contributed by atoms with Crippen LogP contribution in [0.3, 0.4) is 0 Å². The molecule has 0 unspecified atom stereocenters. The van der Waals surface area contributed by atoms with Crippen molar-refractivity contribution in [1.29, 1.82) is 5.26 Å². The van der Waals surface area contributed by atoms with Gasteiger partial charge in [0.25, 0.3) is 5.91 Å². The Kier molecular flexibility index (Phi) is 6.68. The lowest BCUT2D eigenvalue weighted by molar-refractivity contribution is 0.00303. The maximum atomic E-state index is 12.9. The molecular weight excluding hydrogens is 416 g/mol. The number of hydrogen-bond donors (Lipinski definition) is 4. The van der Waals surface area contributed by atoms with Gasteiger partial charge >= 0.3 is 0 Å². The Bertz CT molecular complexity index is 1010. The van der Waals surface area contributed by atoms with Gasteiger partial charge in [-0.05, 0) is 39.2 Å². The second kappa shape index (κ2) is 9.08. The summed E-state index contributed by atoms with van der Waals surface area (Å²) in [5, 5.41) is 28.9. The Morgan fingerprint density at radius 3 is 2.65 bits per heavy atom. The van der Waals surface area contributed by atoms with Crippen molar-refractivity contribution in [3.63, 3.8) is 0 Å². The highest BCUT2D eigenvalue weighted by Crippen LogP contribution is 2.53. The van der Waals surface area contributed by atoms with Crippen LogP contribution in [0.5, 0.6) is 0 Å². The number of carbonyl (C=O) groups excluding carboxylic acids is 1. The predicted molar refractivity (Wildman–Crippen MR) is 121 cm³/mol. The highest BCUT2D eigenvalue weighted by molar-refractivity contribution is 6.33. The molecule has 0 bridgehead atoms. The molecule has 2 aromatic rings. The Morgan fingerprint density at radius 1 is 1.32 bits per heavy atom. The van der Waals surface area contributed by atoms with Gasteiger partial charge in [0.2, 0.25) is 0 Å². The number of pyridine rings is 2. The summed E-state index contributed by atoms with van der Waals surface area (Å²) in [6.45, 7) is 6.70. The van der Waals surface area contributed by atoms with Gasteiger partial charge in [0.1, 0.15) is 17.7 Å². The summed E-state index contributed by atoms with van der Waals surface area (Å²) in [7, 11) is 0. The van der Waals surface area contributed by atoms with Crippen molar-refractivity contribution in [3.05, 3.63) is 40.7 Å². The monoisotopic (exact) mass is 442 g/mol. The quantitative estimate of drug-likeness (QED) is 0.465. The first kappa shape index (κ1) is 22.8. The molecular formula is C22H27ClN6O2. The lowest BCUT2D eigenvalue weighted by Gasteiger charge is -2.29.